The normalized spacial score (nSPS) is 11.5. The second kappa shape index (κ2) is 9.23. The van der Waals surface area contributed by atoms with E-state index in [2.05, 4.69) is 30.6 Å². The molecule has 3 aromatic heterocycles. The summed E-state index contributed by atoms with van der Waals surface area (Å²) in [5, 5.41) is 15.5. The molecule has 0 aliphatic heterocycles. The van der Waals surface area contributed by atoms with Gasteiger partial charge in [-0.1, -0.05) is 12.1 Å². The topological polar surface area (TPSA) is 142 Å². The van der Waals surface area contributed by atoms with Gasteiger partial charge in [0.2, 0.25) is 0 Å². The van der Waals surface area contributed by atoms with Crippen molar-refractivity contribution in [3.05, 3.63) is 83.3 Å². The van der Waals surface area contributed by atoms with Gasteiger partial charge in [0.15, 0.2) is 0 Å². The number of hydrogen-bond acceptors (Lipinski definition) is 8. The highest BCUT2D eigenvalue weighted by Gasteiger charge is 2.22. The van der Waals surface area contributed by atoms with Crippen LogP contribution < -0.4 is 16.4 Å². The maximum Gasteiger partial charge on any atom is 0.253 e. The minimum atomic E-state index is -0.571. The lowest BCUT2D eigenvalue weighted by molar-refractivity contribution is 0.0949. The van der Waals surface area contributed by atoms with Crippen LogP contribution in [-0.4, -0.2) is 25.8 Å². The number of fused-ring (bicyclic) bond motifs is 1. The molecule has 0 bridgehead atoms. The molecular formula is C23H19FN8O. The molecule has 4 N–H and O–H groups in total. The predicted octanol–water partition coefficient (Wildman–Crippen LogP) is 3.12. The number of benzene rings is 1. The molecule has 9 nitrogen and oxygen atoms in total. The largest absolute Gasteiger partial charge is 0.382 e. The summed E-state index contributed by atoms with van der Waals surface area (Å²) in [5.74, 6) is -0.669. The molecule has 0 spiro atoms. The molecule has 4 aromatic rings. The first-order valence-electron chi connectivity index (χ1n) is 10.0. The second-order valence-corrected chi connectivity index (χ2v) is 7.23. The first-order valence-corrected chi connectivity index (χ1v) is 10.0. The van der Waals surface area contributed by atoms with Crippen LogP contribution >= 0.6 is 0 Å². The first kappa shape index (κ1) is 21.6. The number of hydrogen-bond donors (Lipinski definition) is 3. The van der Waals surface area contributed by atoms with Crippen molar-refractivity contribution in [2.24, 2.45) is 0 Å². The van der Waals surface area contributed by atoms with Gasteiger partial charge in [-0.15, -0.1) is 0 Å². The number of nitriles is 1. The molecule has 1 atom stereocenters. The van der Waals surface area contributed by atoms with Crippen LogP contribution in [0.25, 0.3) is 10.9 Å². The smallest absolute Gasteiger partial charge is 0.253 e. The van der Waals surface area contributed by atoms with Gasteiger partial charge in [-0.3, -0.25) is 9.78 Å². The maximum atomic E-state index is 14.4. The lowest BCUT2D eigenvalue weighted by Crippen LogP contribution is -2.26. The van der Waals surface area contributed by atoms with Gasteiger partial charge < -0.3 is 16.4 Å². The summed E-state index contributed by atoms with van der Waals surface area (Å²) in [6, 6.07) is 11.0. The fourth-order valence-corrected chi connectivity index (χ4v) is 3.36. The third-order valence-electron chi connectivity index (χ3n) is 5.01. The minimum absolute atomic E-state index is 0.0326. The Balaban J connectivity index is 1.72. The van der Waals surface area contributed by atoms with Crippen molar-refractivity contribution in [2.45, 2.75) is 19.5 Å². The van der Waals surface area contributed by atoms with E-state index in [0.717, 1.165) is 5.56 Å². The number of aromatic nitrogens is 4. The summed E-state index contributed by atoms with van der Waals surface area (Å²) in [5.41, 5.74) is 7.61. The SMILES string of the molecule is CC(Nc1ncnc(N)c1C#N)c1nc2cccc(F)c2cc1C(=O)NCc1cccnc1. The number of nitrogen functional groups attached to an aromatic ring is 1. The summed E-state index contributed by atoms with van der Waals surface area (Å²) >= 11 is 0. The van der Waals surface area contributed by atoms with E-state index in [9.17, 15) is 14.4 Å². The second-order valence-electron chi connectivity index (χ2n) is 7.23. The Bertz CT molecular complexity index is 1370. The van der Waals surface area contributed by atoms with Crippen molar-refractivity contribution in [1.29, 1.82) is 5.26 Å². The number of carbonyl (C=O) groups is 1. The number of halogens is 1. The summed E-state index contributed by atoms with van der Waals surface area (Å²) in [7, 11) is 0. The van der Waals surface area contributed by atoms with Crippen molar-refractivity contribution in [1.82, 2.24) is 25.3 Å². The van der Waals surface area contributed by atoms with Crippen LogP contribution in [-0.2, 0) is 6.54 Å². The van der Waals surface area contributed by atoms with Crippen LogP contribution in [0.5, 0.6) is 0 Å². The van der Waals surface area contributed by atoms with Crippen LogP contribution in [0, 0.1) is 17.1 Å². The standard InChI is InChI=1S/C23H19FN8O/c1-13(31-22-17(9-25)21(26)29-12-30-22)20-16(8-15-18(24)5-2-6-19(15)32-20)23(33)28-11-14-4-3-7-27-10-14/h2-8,10,12-13H,11H2,1H3,(H,28,33)(H3,26,29,30,31). The molecule has 1 amide bonds. The average Bonchev–Trinajstić information content (AvgIpc) is 2.83. The predicted molar refractivity (Wildman–Crippen MR) is 120 cm³/mol. The summed E-state index contributed by atoms with van der Waals surface area (Å²) in [6.07, 6.45) is 4.52. The van der Waals surface area contributed by atoms with Crippen LogP contribution in [0.15, 0.2) is 55.1 Å². The Kier molecular flexibility index (Phi) is 6.04. The molecule has 1 unspecified atom stereocenters. The van der Waals surface area contributed by atoms with E-state index in [1.807, 2.05) is 12.1 Å². The Morgan fingerprint density at radius 3 is 2.88 bits per heavy atom. The molecular weight excluding hydrogens is 423 g/mol. The number of rotatable bonds is 6. The zero-order valence-electron chi connectivity index (χ0n) is 17.6. The lowest BCUT2D eigenvalue weighted by atomic mass is 10.0. The van der Waals surface area contributed by atoms with E-state index < -0.39 is 17.8 Å². The van der Waals surface area contributed by atoms with Gasteiger partial charge in [-0.2, -0.15) is 5.26 Å². The molecule has 164 valence electrons. The summed E-state index contributed by atoms with van der Waals surface area (Å²) < 4.78 is 14.4. The molecule has 0 saturated carbocycles. The van der Waals surface area contributed by atoms with Gasteiger partial charge in [0.1, 0.15) is 35.4 Å². The van der Waals surface area contributed by atoms with Crippen LogP contribution in [0.1, 0.15) is 40.1 Å². The van der Waals surface area contributed by atoms with Gasteiger partial charge in [0, 0.05) is 24.3 Å². The quantitative estimate of drug-likeness (QED) is 0.413. The molecule has 0 radical (unpaired) electrons. The van der Waals surface area contributed by atoms with E-state index in [1.54, 1.807) is 37.5 Å². The molecule has 33 heavy (non-hydrogen) atoms. The van der Waals surface area contributed by atoms with E-state index in [1.165, 1.54) is 18.5 Å². The Hall–Kier alpha value is -4.65. The number of pyridine rings is 2. The van der Waals surface area contributed by atoms with Crippen molar-refractivity contribution in [3.8, 4) is 6.07 Å². The highest BCUT2D eigenvalue weighted by Crippen LogP contribution is 2.27. The molecule has 0 fully saturated rings. The number of amides is 1. The molecule has 10 heteroatoms. The van der Waals surface area contributed by atoms with Gasteiger partial charge in [-0.05, 0) is 36.8 Å². The Morgan fingerprint density at radius 1 is 1.27 bits per heavy atom. The molecule has 1 aromatic carbocycles. The van der Waals surface area contributed by atoms with Crippen molar-refractivity contribution >= 4 is 28.4 Å². The minimum Gasteiger partial charge on any atom is -0.382 e. The number of nitrogens with one attached hydrogen (secondary N) is 2. The fraction of sp³-hybridized carbons (Fsp3) is 0.130. The highest BCUT2D eigenvalue weighted by molar-refractivity contribution is 5.99. The van der Waals surface area contributed by atoms with Gasteiger partial charge in [0.05, 0.1) is 22.8 Å². The van der Waals surface area contributed by atoms with Gasteiger partial charge in [0.25, 0.3) is 5.91 Å². The van der Waals surface area contributed by atoms with Crippen LogP contribution in [0.4, 0.5) is 16.0 Å². The van der Waals surface area contributed by atoms with E-state index in [-0.39, 0.29) is 34.7 Å². The number of nitrogens with two attached hydrogens (primary N) is 1. The monoisotopic (exact) mass is 442 g/mol. The summed E-state index contributed by atoms with van der Waals surface area (Å²) in [6.45, 7) is 2.00. The van der Waals surface area contributed by atoms with Crippen LogP contribution in [0.3, 0.4) is 0 Å². The third-order valence-corrected chi connectivity index (χ3v) is 5.01. The van der Waals surface area contributed by atoms with Gasteiger partial charge in [-0.25, -0.2) is 19.3 Å². The van der Waals surface area contributed by atoms with E-state index in [0.29, 0.717) is 11.2 Å². The first-order chi connectivity index (χ1) is 16.0. The molecule has 4 rings (SSSR count). The maximum absolute atomic E-state index is 14.4. The Labute approximate surface area is 188 Å². The van der Waals surface area contributed by atoms with Crippen molar-refractivity contribution in [2.75, 3.05) is 11.1 Å². The Morgan fingerprint density at radius 2 is 2.12 bits per heavy atom. The van der Waals surface area contributed by atoms with Gasteiger partial charge >= 0.3 is 0 Å². The number of nitrogens with zero attached hydrogens (tertiary/aromatic N) is 5. The van der Waals surface area contributed by atoms with E-state index >= 15 is 0 Å². The lowest BCUT2D eigenvalue weighted by Gasteiger charge is -2.19. The molecule has 0 aliphatic carbocycles. The number of carbonyl (C=O) groups excluding carboxylic acids is 1. The fourth-order valence-electron chi connectivity index (χ4n) is 3.36. The zero-order chi connectivity index (χ0) is 23.4. The molecule has 0 saturated heterocycles. The van der Waals surface area contributed by atoms with Crippen molar-refractivity contribution < 1.29 is 9.18 Å². The molecule has 0 aliphatic rings. The van der Waals surface area contributed by atoms with E-state index in [4.69, 9.17) is 5.73 Å². The third kappa shape index (κ3) is 4.52. The molecule has 3 heterocycles. The zero-order valence-corrected chi connectivity index (χ0v) is 17.6. The summed E-state index contributed by atoms with van der Waals surface area (Å²) in [4.78, 5) is 29.6. The van der Waals surface area contributed by atoms with Crippen LogP contribution in [0.2, 0.25) is 0 Å². The van der Waals surface area contributed by atoms with Crippen molar-refractivity contribution in [3.63, 3.8) is 0 Å². The highest BCUT2D eigenvalue weighted by atomic mass is 19.1. The average molecular weight is 442 g/mol. The number of anilines is 2.